The van der Waals surface area contributed by atoms with Crippen LogP contribution in [0, 0.1) is 11.3 Å². The van der Waals surface area contributed by atoms with Crippen LogP contribution in [-0.2, 0) is 21.4 Å². The summed E-state index contributed by atoms with van der Waals surface area (Å²) in [5.41, 5.74) is 2.78. The fourth-order valence-electron chi connectivity index (χ4n) is 3.29. The molecule has 3 aromatic carbocycles. The monoisotopic (exact) mass is 445 g/mol. The molecular weight excluding hydrogens is 426 g/mol. The van der Waals surface area contributed by atoms with Gasteiger partial charge in [-0.15, -0.1) is 0 Å². The standard InChI is InChI=1S/C23H19N5O3S/c1-16(29)25-19-10-12-20(13-11-19)32(30,31)27-23-21-4-2-3-5-22(21)28(26-23)15-18-8-6-17(14-24)7-9-18/h2-13H,15H2,1H3,(H,25,29)(H,26,27). The summed E-state index contributed by atoms with van der Waals surface area (Å²) < 4.78 is 30.2. The molecule has 160 valence electrons. The number of carbonyl (C=O) groups excluding carboxylic acids is 1. The van der Waals surface area contributed by atoms with Crippen LogP contribution in [0.15, 0.2) is 77.7 Å². The zero-order valence-electron chi connectivity index (χ0n) is 17.1. The van der Waals surface area contributed by atoms with Gasteiger partial charge in [-0.3, -0.25) is 14.2 Å². The van der Waals surface area contributed by atoms with E-state index < -0.39 is 10.0 Å². The normalized spacial score (nSPS) is 11.1. The van der Waals surface area contributed by atoms with Crippen molar-refractivity contribution >= 4 is 38.3 Å². The van der Waals surface area contributed by atoms with Gasteiger partial charge in [0, 0.05) is 18.0 Å². The smallest absolute Gasteiger partial charge is 0.263 e. The number of nitriles is 1. The summed E-state index contributed by atoms with van der Waals surface area (Å²) in [5.74, 6) is -0.0156. The zero-order chi connectivity index (χ0) is 22.7. The van der Waals surface area contributed by atoms with Crippen molar-refractivity contribution in [1.82, 2.24) is 9.78 Å². The molecule has 32 heavy (non-hydrogen) atoms. The van der Waals surface area contributed by atoms with Crippen LogP contribution in [0.2, 0.25) is 0 Å². The summed E-state index contributed by atoms with van der Waals surface area (Å²) >= 11 is 0. The second-order valence-corrected chi connectivity index (χ2v) is 8.83. The number of amides is 1. The molecular formula is C23H19N5O3S. The van der Waals surface area contributed by atoms with Crippen molar-refractivity contribution in [2.75, 3.05) is 10.0 Å². The highest BCUT2D eigenvalue weighted by Crippen LogP contribution is 2.26. The third kappa shape index (κ3) is 4.45. The number of hydrogen-bond donors (Lipinski definition) is 2. The molecule has 1 aromatic heterocycles. The molecule has 1 amide bonds. The maximum absolute atomic E-state index is 12.9. The van der Waals surface area contributed by atoms with Crippen molar-refractivity contribution in [3.63, 3.8) is 0 Å². The molecule has 0 fully saturated rings. The van der Waals surface area contributed by atoms with Crippen LogP contribution in [-0.4, -0.2) is 24.1 Å². The average molecular weight is 446 g/mol. The first-order chi connectivity index (χ1) is 15.4. The van der Waals surface area contributed by atoms with Gasteiger partial charge in [0.25, 0.3) is 10.0 Å². The molecule has 0 spiro atoms. The molecule has 0 unspecified atom stereocenters. The number of nitrogens with zero attached hydrogens (tertiary/aromatic N) is 3. The molecule has 9 heteroatoms. The van der Waals surface area contributed by atoms with Gasteiger partial charge in [0.05, 0.1) is 28.6 Å². The van der Waals surface area contributed by atoms with Gasteiger partial charge in [-0.1, -0.05) is 24.3 Å². The number of aromatic nitrogens is 2. The van der Waals surface area contributed by atoms with Gasteiger partial charge in [0.2, 0.25) is 5.91 Å². The maximum Gasteiger partial charge on any atom is 0.263 e. The van der Waals surface area contributed by atoms with Crippen LogP contribution in [0.3, 0.4) is 0 Å². The Kier molecular flexibility index (Phi) is 5.62. The van der Waals surface area contributed by atoms with Gasteiger partial charge in [-0.05, 0) is 54.1 Å². The predicted octanol–water partition coefficient (Wildman–Crippen LogP) is 3.72. The molecule has 0 aliphatic carbocycles. The Morgan fingerprint density at radius 3 is 2.38 bits per heavy atom. The minimum absolute atomic E-state index is 0.0531. The SMILES string of the molecule is CC(=O)Nc1ccc(S(=O)(=O)Nc2nn(Cc3ccc(C#N)cc3)c3ccccc23)cc1. The van der Waals surface area contributed by atoms with Crippen molar-refractivity contribution in [2.45, 2.75) is 18.4 Å². The van der Waals surface area contributed by atoms with E-state index in [2.05, 4.69) is 21.2 Å². The van der Waals surface area contributed by atoms with Gasteiger partial charge in [-0.2, -0.15) is 10.4 Å². The van der Waals surface area contributed by atoms with Gasteiger partial charge >= 0.3 is 0 Å². The van der Waals surface area contributed by atoms with Crippen molar-refractivity contribution in [2.24, 2.45) is 0 Å². The minimum Gasteiger partial charge on any atom is -0.326 e. The predicted molar refractivity (Wildman–Crippen MR) is 122 cm³/mol. The number of rotatable bonds is 6. The van der Waals surface area contributed by atoms with E-state index in [0.717, 1.165) is 11.1 Å². The van der Waals surface area contributed by atoms with Crippen LogP contribution < -0.4 is 10.0 Å². The number of benzene rings is 3. The lowest BCUT2D eigenvalue weighted by Crippen LogP contribution is -2.14. The highest BCUT2D eigenvalue weighted by atomic mass is 32.2. The summed E-state index contributed by atoms with van der Waals surface area (Å²) in [4.78, 5) is 11.2. The molecule has 0 aliphatic heterocycles. The topological polar surface area (TPSA) is 117 Å². The summed E-state index contributed by atoms with van der Waals surface area (Å²) in [5, 5.41) is 16.7. The van der Waals surface area contributed by atoms with Gasteiger partial charge in [0.1, 0.15) is 0 Å². The first-order valence-electron chi connectivity index (χ1n) is 9.71. The fraction of sp³-hybridized carbons (Fsp3) is 0.0870. The van der Waals surface area contributed by atoms with E-state index in [-0.39, 0.29) is 16.6 Å². The third-order valence-corrected chi connectivity index (χ3v) is 6.14. The zero-order valence-corrected chi connectivity index (χ0v) is 17.9. The van der Waals surface area contributed by atoms with Crippen molar-refractivity contribution in [3.8, 4) is 6.07 Å². The summed E-state index contributed by atoms with van der Waals surface area (Å²) in [6, 6.07) is 22.5. The van der Waals surface area contributed by atoms with Crippen LogP contribution in [0.4, 0.5) is 11.5 Å². The summed E-state index contributed by atoms with van der Waals surface area (Å²) in [7, 11) is -3.89. The molecule has 0 aliphatic rings. The largest absolute Gasteiger partial charge is 0.326 e. The first kappa shape index (κ1) is 21.1. The number of sulfonamides is 1. The van der Waals surface area contributed by atoms with Gasteiger partial charge in [-0.25, -0.2) is 8.42 Å². The van der Waals surface area contributed by atoms with Crippen LogP contribution in [0.1, 0.15) is 18.1 Å². The molecule has 4 rings (SSSR count). The van der Waals surface area contributed by atoms with E-state index in [4.69, 9.17) is 5.26 Å². The van der Waals surface area contributed by atoms with E-state index in [1.54, 1.807) is 22.9 Å². The Bertz CT molecular complexity index is 1430. The lowest BCUT2D eigenvalue weighted by Gasteiger charge is -2.07. The molecule has 4 aromatic rings. The molecule has 0 saturated heterocycles. The van der Waals surface area contributed by atoms with Crippen LogP contribution in [0.5, 0.6) is 0 Å². The number of para-hydroxylation sites is 1. The molecule has 0 atom stereocenters. The van der Waals surface area contributed by atoms with Crippen molar-refractivity contribution in [3.05, 3.63) is 83.9 Å². The Hall–Kier alpha value is -4.16. The van der Waals surface area contributed by atoms with E-state index in [0.29, 0.717) is 23.2 Å². The highest BCUT2D eigenvalue weighted by molar-refractivity contribution is 7.92. The van der Waals surface area contributed by atoms with E-state index in [1.807, 2.05) is 30.3 Å². The van der Waals surface area contributed by atoms with E-state index in [9.17, 15) is 13.2 Å². The average Bonchev–Trinajstić information content (AvgIpc) is 3.11. The quantitative estimate of drug-likeness (QED) is 0.469. The highest BCUT2D eigenvalue weighted by Gasteiger charge is 2.19. The third-order valence-electron chi connectivity index (χ3n) is 4.79. The Labute approximate surface area is 185 Å². The van der Waals surface area contributed by atoms with Crippen LogP contribution in [0.25, 0.3) is 10.9 Å². The lowest BCUT2D eigenvalue weighted by atomic mass is 10.1. The Balaban J connectivity index is 1.64. The van der Waals surface area contributed by atoms with E-state index in [1.165, 1.54) is 31.2 Å². The number of carbonyl (C=O) groups is 1. The molecule has 1 heterocycles. The summed E-state index contributed by atoms with van der Waals surface area (Å²) in [6.45, 7) is 1.80. The summed E-state index contributed by atoms with van der Waals surface area (Å²) in [6.07, 6.45) is 0. The molecule has 0 saturated carbocycles. The van der Waals surface area contributed by atoms with E-state index >= 15 is 0 Å². The lowest BCUT2D eigenvalue weighted by molar-refractivity contribution is -0.114. The molecule has 2 N–H and O–H groups in total. The molecule has 0 bridgehead atoms. The minimum atomic E-state index is -3.89. The van der Waals surface area contributed by atoms with Gasteiger partial charge in [0.15, 0.2) is 5.82 Å². The molecule has 8 nitrogen and oxygen atoms in total. The Morgan fingerprint density at radius 1 is 1.03 bits per heavy atom. The second kappa shape index (κ2) is 8.53. The van der Waals surface area contributed by atoms with Crippen molar-refractivity contribution < 1.29 is 13.2 Å². The number of hydrogen-bond acceptors (Lipinski definition) is 5. The first-order valence-corrected chi connectivity index (χ1v) is 11.2. The van der Waals surface area contributed by atoms with Gasteiger partial charge < -0.3 is 5.32 Å². The van der Waals surface area contributed by atoms with Crippen LogP contribution >= 0.6 is 0 Å². The molecule has 0 radical (unpaired) electrons. The van der Waals surface area contributed by atoms with Crippen molar-refractivity contribution in [1.29, 1.82) is 5.26 Å². The number of fused-ring (bicyclic) bond motifs is 1. The second-order valence-electron chi connectivity index (χ2n) is 7.14. The fourth-order valence-corrected chi connectivity index (χ4v) is 4.31. The maximum atomic E-state index is 12.9. The number of anilines is 2. The Morgan fingerprint density at radius 2 is 1.72 bits per heavy atom. The number of nitrogens with one attached hydrogen (secondary N) is 2.